The van der Waals surface area contributed by atoms with E-state index >= 15 is 0 Å². The molecule has 2 aromatic heterocycles. The molecule has 7 nitrogen and oxygen atoms in total. The Morgan fingerprint density at radius 3 is 2.77 bits per heavy atom. The summed E-state index contributed by atoms with van der Waals surface area (Å²) < 4.78 is 18.6. The number of aromatic nitrogens is 2. The molecule has 3 heterocycles. The summed E-state index contributed by atoms with van der Waals surface area (Å²) in [6, 6.07) is 6.59. The zero-order valence-electron chi connectivity index (χ0n) is 17.3. The molecule has 0 aliphatic carbocycles. The lowest BCUT2D eigenvalue weighted by atomic mass is 10.1. The molecule has 0 radical (unpaired) electrons. The van der Waals surface area contributed by atoms with Crippen molar-refractivity contribution in [3.05, 3.63) is 47.5 Å². The van der Waals surface area contributed by atoms with E-state index in [9.17, 15) is 9.18 Å². The number of halogens is 1. The number of benzene rings is 1. The lowest BCUT2D eigenvalue weighted by Gasteiger charge is -2.34. The third-order valence-electron chi connectivity index (χ3n) is 5.47. The van der Waals surface area contributed by atoms with Crippen LogP contribution >= 0.6 is 0 Å². The number of nitrogens with one attached hydrogen (secondary N) is 1. The van der Waals surface area contributed by atoms with Crippen LogP contribution in [0.5, 0.6) is 0 Å². The number of hydrogen-bond acceptors (Lipinski definition) is 6. The van der Waals surface area contributed by atoms with Crippen LogP contribution in [0.3, 0.4) is 0 Å². The van der Waals surface area contributed by atoms with E-state index in [0.717, 1.165) is 73.7 Å². The molecule has 158 valence electrons. The molecule has 1 aliphatic heterocycles. The molecule has 0 bridgehead atoms. The molecule has 0 spiro atoms. The van der Waals surface area contributed by atoms with E-state index in [1.54, 1.807) is 12.3 Å². The van der Waals surface area contributed by atoms with Crippen LogP contribution in [0.25, 0.3) is 11.0 Å². The number of amides is 1. The summed E-state index contributed by atoms with van der Waals surface area (Å²) in [6.45, 7) is 8.11. The molecule has 1 fully saturated rings. The fourth-order valence-corrected chi connectivity index (χ4v) is 3.86. The molecule has 0 saturated carbocycles. The van der Waals surface area contributed by atoms with E-state index in [2.05, 4.69) is 25.3 Å². The summed E-state index contributed by atoms with van der Waals surface area (Å²) in [5, 5.41) is 7.80. The topological polar surface area (TPSA) is 74.5 Å². The number of piperazine rings is 1. The van der Waals surface area contributed by atoms with Crippen LogP contribution in [0, 0.1) is 12.7 Å². The molecule has 3 aromatic rings. The standard InChI is InChI=1S/C22H26FN5O2/c1-15-12-18(24-14-20(15)25-16(2)29)4-3-7-27-8-10-28(11-9-27)22-19-6-5-17(23)13-21(19)30-26-22/h5-6,12-14H,3-4,7-11H2,1-2H3,(H,25,29). The highest BCUT2D eigenvalue weighted by atomic mass is 19.1. The molecule has 1 saturated heterocycles. The van der Waals surface area contributed by atoms with Gasteiger partial charge in [0, 0.05) is 44.9 Å². The van der Waals surface area contributed by atoms with Gasteiger partial charge < -0.3 is 14.7 Å². The first kappa shape index (κ1) is 20.3. The number of aryl methyl sites for hydroxylation is 2. The van der Waals surface area contributed by atoms with Crippen LogP contribution in [-0.2, 0) is 11.2 Å². The Morgan fingerprint density at radius 2 is 2.03 bits per heavy atom. The SMILES string of the molecule is CC(=O)Nc1cnc(CCCN2CCN(c3noc4cc(F)ccc34)CC2)cc1C. The molecule has 0 unspecified atom stereocenters. The first-order chi connectivity index (χ1) is 14.5. The van der Waals surface area contributed by atoms with E-state index < -0.39 is 0 Å². The number of rotatable bonds is 6. The van der Waals surface area contributed by atoms with Gasteiger partial charge in [0.1, 0.15) is 5.82 Å². The maximum absolute atomic E-state index is 13.3. The van der Waals surface area contributed by atoms with Gasteiger partial charge in [-0.2, -0.15) is 0 Å². The fraction of sp³-hybridized carbons (Fsp3) is 0.409. The van der Waals surface area contributed by atoms with E-state index in [-0.39, 0.29) is 11.7 Å². The number of hydrogen-bond donors (Lipinski definition) is 1. The van der Waals surface area contributed by atoms with E-state index in [4.69, 9.17) is 4.52 Å². The van der Waals surface area contributed by atoms with Gasteiger partial charge in [0.15, 0.2) is 11.4 Å². The number of nitrogens with zero attached hydrogens (tertiary/aromatic N) is 4. The van der Waals surface area contributed by atoms with Gasteiger partial charge in [-0.05, 0) is 50.1 Å². The smallest absolute Gasteiger partial charge is 0.221 e. The Kier molecular flexibility index (Phi) is 5.94. The Morgan fingerprint density at radius 1 is 1.23 bits per heavy atom. The predicted molar refractivity (Wildman–Crippen MR) is 114 cm³/mol. The largest absolute Gasteiger partial charge is 0.354 e. The van der Waals surface area contributed by atoms with E-state index in [1.165, 1.54) is 19.1 Å². The highest BCUT2D eigenvalue weighted by molar-refractivity contribution is 5.89. The molecular weight excluding hydrogens is 385 g/mol. The van der Waals surface area contributed by atoms with Crippen LogP contribution < -0.4 is 10.2 Å². The van der Waals surface area contributed by atoms with Crippen molar-refractivity contribution in [2.45, 2.75) is 26.7 Å². The summed E-state index contributed by atoms with van der Waals surface area (Å²) in [6.07, 6.45) is 3.66. The molecule has 30 heavy (non-hydrogen) atoms. The highest BCUT2D eigenvalue weighted by Gasteiger charge is 2.21. The van der Waals surface area contributed by atoms with Gasteiger partial charge in [-0.3, -0.25) is 14.7 Å². The van der Waals surface area contributed by atoms with Crippen molar-refractivity contribution >= 4 is 28.4 Å². The minimum atomic E-state index is -0.315. The normalized spacial score (nSPS) is 15.0. The number of pyridine rings is 1. The lowest BCUT2D eigenvalue weighted by molar-refractivity contribution is -0.114. The molecule has 1 amide bonds. The second-order valence-electron chi connectivity index (χ2n) is 7.75. The van der Waals surface area contributed by atoms with Crippen molar-refractivity contribution < 1.29 is 13.7 Å². The van der Waals surface area contributed by atoms with Gasteiger partial charge >= 0.3 is 0 Å². The first-order valence-electron chi connectivity index (χ1n) is 10.2. The Bertz CT molecular complexity index is 1040. The predicted octanol–water partition coefficient (Wildman–Crippen LogP) is 3.38. The summed E-state index contributed by atoms with van der Waals surface area (Å²) >= 11 is 0. The molecule has 1 N–H and O–H groups in total. The van der Waals surface area contributed by atoms with Crippen molar-refractivity contribution in [2.75, 3.05) is 42.9 Å². The lowest BCUT2D eigenvalue weighted by Crippen LogP contribution is -2.46. The highest BCUT2D eigenvalue weighted by Crippen LogP contribution is 2.27. The summed E-state index contributed by atoms with van der Waals surface area (Å²) in [5.74, 6) is 0.394. The van der Waals surface area contributed by atoms with Crippen molar-refractivity contribution in [2.24, 2.45) is 0 Å². The number of anilines is 2. The van der Waals surface area contributed by atoms with Gasteiger partial charge in [0.2, 0.25) is 5.91 Å². The minimum Gasteiger partial charge on any atom is -0.354 e. The minimum absolute atomic E-state index is 0.0856. The maximum atomic E-state index is 13.3. The van der Waals surface area contributed by atoms with Gasteiger partial charge in [-0.25, -0.2) is 4.39 Å². The van der Waals surface area contributed by atoms with Crippen molar-refractivity contribution in [3.8, 4) is 0 Å². The number of carbonyl (C=O) groups excluding carboxylic acids is 1. The molecule has 1 aromatic carbocycles. The van der Waals surface area contributed by atoms with Crippen LogP contribution in [0.15, 0.2) is 35.0 Å². The van der Waals surface area contributed by atoms with Crippen molar-refractivity contribution in [1.82, 2.24) is 15.0 Å². The van der Waals surface area contributed by atoms with E-state index in [1.807, 2.05) is 13.0 Å². The molecule has 1 aliphatic rings. The molecule has 0 atom stereocenters. The average molecular weight is 411 g/mol. The van der Waals surface area contributed by atoms with Gasteiger partial charge in [-0.15, -0.1) is 0 Å². The Balaban J connectivity index is 1.26. The number of fused-ring (bicyclic) bond motifs is 1. The molecular formula is C22H26FN5O2. The van der Waals surface area contributed by atoms with Crippen LogP contribution in [0.2, 0.25) is 0 Å². The van der Waals surface area contributed by atoms with Crippen molar-refractivity contribution in [3.63, 3.8) is 0 Å². The van der Waals surface area contributed by atoms with E-state index in [0.29, 0.717) is 5.58 Å². The summed E-state index contributed by atoms with van der Waals surface area (Å²) in [4.78, 5) is 20.3. The van der Waals surface area contributed by atoms with Crippen LogP contribution in [0.1, 0.15) is 24.6 Å². The monoisotopic (exact) mass is 411 g/mol. The third kappa shape index (κ3) is 4.59. The number of carbonyl (C=O) groups is 1. The third-order valence-corrected chi connectivity index (χ3v) is 5.47. The van der Waals surface area contributed by atoms with Gasteiger partial charge in [0.05, 0.1) is 17.3 Å². The Labute approximate surface area is 174 Å². The molecule has 4 rings (SSSR count). The summed E-state index contributed by atoms with van der Waals surface area (Å²) in [7, 11) is 0. The second-order valence-corrected chi connectivity index (χ2v) is 7.75. The summed E-state index contributed by atoms with van der Waals surface area (Å²) in [5.41, 5.74) is 3.33. The quantitative estimate of drug-likeness (QED) is 0.670. The fourth-order valence-electron chi connectivity index (χ4n) is 3.86. The molecule has 8 heteroatoms. The second kappa shape index (κ2) is 8.79. The zero-order valence-corrected chi connectivity index (χ0v) is 17.3. The average Bonchev–Trinajstić information content (AvgIpc) is 3.13. The van der Waals surface area contributed by atoms with Crippen LogP contribution in [-0.4, -0.2) is 53.7 Å². The maximum Gasteiger partial charge on any atom is 0.221 e. The van der Waals surface area contributed by atoms with Crippen LogP contribution in [0.4, 0.5) is 15.9 Å². The van der Waals surface area contributed by atoms with Gasteiger partial charge in [0.25, 0.3) is 0 Å². The zero-order chi connectivity index (χ0) is 21.1. The Hall–Kier alpha value is -3.00. The van der Waals surface area contributed by atoms with Gasteiger partial charge in [-0.1, -0.05) is 5.16 Å². The van der Waals surface area contributed by atoms with Crippen molar-refractivity contribution in [1.29, 1.82) is 0 Å². The first-order valence-corrected chi connectivity index (χ1v) is 10.2.